The number of nitrogens with one attached hydrogen (secondary N) is 1. The maximum Gasteiger partial charge on any atom is 0.408 e. The van der Waals surface area contributed by atoms with Crippen molar-refractivity contribution in [3.63, 3.8) is 0 Å². The lowest BCUT2D eigenvalue weighted by molar-refractivity contribution is -0.147. The molecule has 162 valence electrons. The number of carbonyl (C=O) groups excluding carboxylic acids is 1. The Labute approximate surface area is 178 Å². The van der Waals surface area contributed by atoms with Crippen molar-refractivity contribution in [1.82, 2.24) is 5.32 Å². The van der Waals surface area contributed by atoms with Crippen molar-refractivity contribution in [2.24, 2.45) is 0 Å². The summed E-state index contributed by atoms with van der Waals surface area (Å²) in [5, 5.41) is 11.9. The van der Waals surface area contributed by atoms with Gasteiger partial charge in [0, 0.05) is 0 Å². The molecule has 2 atom stereocenters. The molecule has 0 fully saturated rings. The quantitative estimate of drug-likeness (QED) is 0.669. The Morgan fingerprint density at radius 3 is 1.93 bits per heavy atom. The van der Waals surface area contributed by atoms with Gasteiger partial charge < -0.3 is 19.9 Å². The molecule has 0 aliphatic rings. The molecule has 0 heterocycles. The number of benzene rings is 2. The minimum absolute atomic E-state index is 0.543. The van der Waals surface area contributed by atoms with Crippen LogP contribution in [0.5, 0.6) is 0 Å². The zero-order chi connectivity index (χ0) is 22.5. The van der Waals surface area contributed by atoms with Gasteiger partial charge in [0.05, 0.1) is 11.7 Å². The van der Waals surface area contributed by atoms with Gasteiger partial charge in [-0.05, 0) is 58.2 Å². The van der Waals surface area contributed by atoms with Crippen molar-refractivity contribution in [3.8, 4) is 11.1 Å². The minimum atomic E-state index is -1.23. The Balaban J connectivity index is 2.07. The molecule has 1 amide bonds. The Kier molecular flexibility index (Phi) is 7.26. The first-order valence-corrected chi connectivity index (χ1v) is 9.95. The van der Waals surface area contributed by atoms with Gasteiger partial charge in [-0.1, -0.05) is 54.6 Å². The lowest BCUT2D eigenvalue weighted by Crippen LogP contribution is -2.51. The molecule has 0 aliphatic heterocycles. The third kappa shape index (κ3) is 6.59. The summed E-state index contributed by atoms with van der Waals surface area (Å²) >= 11 is 0. The highest BCUT2D eigenvalue weighted by Gasteiger charge is 2.33. The van der Waals surface area contributed by atoms with Crippen LogP contribution in [0.3, 0.4) is 0 Å². The number of alkyl carbamates (subject to hydrolysis) is 1. The van der Waals surface area contributed by atoms with Gasteiger partial charge in [-0.15, -0.1) is 0 Å². The predicted octanol–water partition coefficient (Wildman–Crippen LogP) is 4.97. The molecule has 0 aliphatic carbocycles. The first-order chi connectivity index (χ1) is 13.9. The van der Waals surface area contributed by atoms with Crippen molar-refractivity contribution < 1.29 is 24.2 Å². The monoisotopic (exact) mass is 413 g/mol. The maximum absolute atomic E-state index is 12.5. The van der Waals surface area contributed by atoms with Crippen molar-refractivity contribution in [2.75, 3.05) is 0 Å². The molecule has 0 saturated heterocycles. The van der Waals surface area contributed by atoms with Crippen molar-refractivity contribution in [2.45, 2.75) is 64.9 Å². The van der Waals surface area contributed by atoms with E-state index in [-0.39, 0.29) is 0 Å². The molecule has 0 saturated carbocycles. The maximum atomic E-state index is 12.5. The van der Waals surface area contributed by atoms with Crippen LogP contribution in [0.15, 0.2) is 54.6 Å². The number of hydrogen-bond acceptors (Lipinski definition) is 4. The molecule has 30 heavy (non-hydrogen) atoms. The fourth-order valence-corrected chi connectivity index (χ4v) is 3.15. The van der Waals surface area contributed by atoms with Gasteiger partial charge in [0.2, 0.25) is 0 Å². The van der Waals surface area contributed by atoms with Gasteiger partial charge >= 0.3 is 12.1 Å². The number of aliphatic carboxylic acids is 1. The molecule has 6 nitrogen and oxygen atoms in total. The predicted molar refractivity (Wildman–Crippen MR) is 116 cm³/mol. The number of carbonyl (C=O) groups is 2. The van der Waals surface area contributed by atoms with Crippen LogP contribution in [0, 0.1) is 0 Å². The molecule has 2 aromatic rings. The van der Waals surface area contributed by atoms with E-state index in [0.717, 1.165) is 16.7 Å². The van der Waals surface area contributed by atoms with Crippen LogP contribution in [-0.2, 0) is 19.9 Å². The summed E-state index contributed by atoms with van der Waals surface area (Å²) in [7, 11) is 0. The van der Waals surface area contributed by atoms with E-state index in [0.29, 0.717) is 0 Å². The molecule has 0 spiro atoms. The zero-order valence-electron chi connectivity index (χ0n) is 18.4. The summed E-state index contributed by atoms with van der Waals surface area (Å²) in [6.45, 7) is 10.6. The lowest BCUT2D eigenvalue weighted by atomic mass is 9.95. The highest BCUT2D eigenvalue weighted by Crippen LogP contribution is 2.28. The van der Waals surface area contributed by atoms with Crippen LogP contribution in [0.1, 0.15) is 47.1 Å². The summed E-state index contributed by atoms with van der Waals surface area (Å²) < 4.78 is 11.2. The van der Waals surface area contributed by atoms with Gasteiger partial charge in [-0.3, -0.25) is 0 Å². The first kappa shape index (κ1) is 23.4. The second-order valence-corrected chi connectivity index (χ2v) is 8.74. The summed E-state index contributed by atoms with van der Waals surface area (Å²) in [5.41, 5.74) is 1.45. The largest absolute Gasteiger partial charge is 0.480 e. The Bertz CT molecular complexity index is 853. The number of rotatable bonds is 7. The summed E-state index contributed by atoms with van der Waals surface area (Å²) in [4.78, 5) is 24.1. The van der Waals surface area contributed by atoms with Crippen LogP contribution in [0.4, 0.5) is 4.79 Å². The Hall–Kier alpha value is -2.86. The van der Waals surface area contributed by atoms with Crippen LogP contribution in [0.2, 0.25) is 0 Å². The van der Waals surface area contributed by atoms with Crippen molar-refractivity contribution >= 4 is 12.1 Å². The van der Waals surface area contributed by atoms with E-state index in [1.807, 2.05) is 75.4 Å². The average molecular weight is 414 g/mol. The van der Waals surface area contributed by atoms with E-state index < -0.39 is 35.4 Å². The van der Waals surface area contributed by atoms with Gasteiger partial charge in [0.25, 0.3) is 0 Å². The fraction of sp³-hybridized carbons (Fsp3) is 0.417. The fourth-order valence-electron chi connectivity index (χ4n) is 3.15. The first-order valence-electron chi connectivity index (χ1n) is 9.95. The van der Waals surface area contributed by atoms with Crippen LogP contribution in [0.25, 0.3) is 11.1 Å². The molecular weight excluding hydrogens is 382 g/mol. The number of hydrogen-bond donors (Lipinski definition) is 2. The highest BCUT2D eigenvalue weighted by atomic mass is 16.6. The highest BCUT2D eigenvalue weighted by molar-refractivity contribution is 5.80. The molecule has 6 heteroatoms. The topological polar surface area (TPSA) is 84.9 Å². The van der Waals surface area contributed by atoms with Crippen molar-refractivity contribution in [3.05, 3.63) is 60.2 Å². The number of ether oxygens (including phenoxy) is 2. The summed E-state index contributed by atoms with van der Waals surface area (Å²) in [5.74, 6) is -1.19. The van der Waals surface area contributed by atoms with E-state index in [1.54, 1.807) is 20.8 Å². The van der Waals surface area contributed by atoms with E-state index >= 15 is 0 Å². The second-order valence-electron chi connectivity index (χ2n) is 8.74. The average Bonchev–Trinajstić information content (AvgIpc) is 2.65. The smallest absolute Gasteiger partial charge is 0.408 e. The van der Waals surface area contributed by atoms with E-state index in [1.165, 1.54) is 0 Å². The number of carboxylic acid groups (broad SMARTS) is 1. The number of carboxylic acids is 1. The molecule has 2 N–H and O–H groups in total. The van der Waals surface area contributed by atoms with Crippen LogP contribution < -0.4 is 5.32 Å². The summed E-state index contributed by atoms with van der Waals surface area (Å²) in [6.07, 6.45) is -1.55. The minimum Gasteiger partial charge on any atom is -0.480 e. The SMILES string of the molecule is CC(OC(C)(C)C)[C@@H](NC(=O)OC(C)(C)c1ccc(-c2ccccc2)cc1)C(=O)O. The third-order valence-corrected chi connectivity index (χ3v) is 4.58. The summed E-state index contributed by atoms with van der Waals surface area (Å²) in [6, 6.07) is 16.5. The van der Waals surface area contributed by atoms with Crippen LogP contribution in [-0.4, -0.2) is 34.9 Å². The Morgan fingerprint density at radius 1 is 0.900 bits per heavy atom. The molecular formula is C24H31NO5. The molecule has 0 bridgehead atoms. The zero-order valence-corrected chi connectivity index (χ0v) is 18.4. The van der Waals surface area contributed by atoms with Crippen molar-refractivity contribution in [1.29, 1.82) is 0 Å². The number of amides is 1. The standard InChI is InChI=1S/C24H31NO5/c1-16(29-23(2,3)4)20(21(26)27)25-22(28)30-24(5,6)19-14-12-18(13-15-19)17-10-8-7-9-11-17/h7-16,20H,1-6H3,(H,25,28)(H,26,27)/t16?,20-/m1/s1. The molecule has 2 aromatic carbocycles. The van der Waals surface area contributed by atoms with E-state index in [2.05, 4.69) is 5.32 Å². The van der Waals surface area contributed by atoms with Crippen LogP contribution >= 0.6 is 0 Å². The molecule has 1 unspecified atom stereocenters. The second kappa shape index (κ2) is 9.30. The molecule has 2 rings (SSSR count). The van der Waals surface area contributed by atoms with Gasteiger partial charge in [-0.25, -0.2) is 9.59 Å². The normalized spacial score (nSPS) is 13.9. The molecule has 0 radical (unpaired) electrons. The Morgan fingerprint density at radius 2 is 1.43 bits per heavy atom. The van der Waals surface area contributed by atoms with E-state index in [4.69, 9.17) is 9.47 Å². The lowest BCUT2D eigenvalue weighted by Gasteiger charge is -2.31. The van der Waals surface area contributed by atoms with E-state index in [9.17, 15) is 14.7 Å². The van der Waals surface area contributed by atoms with Gasteiger partial charge in [0.15, 0.2) is 6.04 Å². The van der Waals surface area contributed by atoms with Gasteiger partial charge in [0.1, 0.15) is 5.60 Å². The van der Waals surface area contributed by atoms with Gasteiger partial charge in [-0.2, -0.15) is 0 Å². The molecule has 0 aromatic heterocycles. The third-order valence-electron chi connectivity index (χ3n) is 4.58.